The molecule has 0 fully saturated rings. The predicted octanol–water partition coefficient (Wildman–Crippen LogP) is 4.43. The lowest BCUT2D eigenvalue weighted by atomic mass is 10.2. The summed E-state index contributed by atoms with van der Waals surface area (Å²) in [5.41, 5.74) is 2.99. The Morgan fingerprint density at radius 2 is 1.04 bits per heavy atom. The Morgan fingerprint density at radius 1 is 0.536 bits per heavy atom. The molecule has 4 aromatic heterocycles. The summed E-state index contributed by atoms with van der Waals surface area (Å²) in [7, 11) is 0. The van der Waals surface area contributed by atoms with Crippen molar-refractivity contribution in [3.8, 4) is 11.4 Å². The predicted molar refractivity (Wildman–Crippen MR) is 110 cm³/mol. The molecule has 6 heteroatoms. The normalized spacial score (nSPS) is 11.3. The first-order chi connectivity index (χ1) is 13.9. The Hall–Kier alpha value is -4.06. The second-order valence-electron chi connectivity index (χ2n) is 5.79. The van der Waals surface area contributed by atoms with Crippen molar-refractivity contribution in [3.63, 3.8) is 0 Å². The summed E-state index contributed by atoms with van der Waals surface area (Å²) in [5, 5.41) is 0. The minimum Gasteiger partial charge on any atom is -0.245 e. The molecule has 0 aliphatic rings. The first-order valence-corrected chi connectivity index (χ1v) is 8.71. The van der Waals surface area contributed by atoms with Crippen molar-refractivity contribution >= 4 is 24.1 Å². The fourth-order valence-corrected chi connectivity index (χ4v) is 2.46. The molecule has 0 bridgehead atoms. The molecule has 28 heavy (non-hydrogen) atoms. The average Bonchev–Trinajstić information content (AvgIpc) is 2.78. The number of nitrogens with zero attached hydrogens (tertiary/aromatic N) is 6. The van der Waals surface area contributed by atoms with Crippen LogP contribution in [0, 0.1) is 0 Å². The zero-order valence-corrected chi connectivity index (χ0v) is 14.9. The lowest BCUT2D eigenvalue weighted by Gasteiger charge is -2.02. The van der Waals surface area contributed by atoms with Crippen LogP contribution in [-0.4, -0.2) is 32.4 Å². The molecule has 0 spiro atoms. The van der Waals surface area contributed by atoms with Crippen LogP contribution in [-0.2, 0) is 0 Å². The van der Waals surface area contributed by atoms with Crippen molar-refractivity contribution in [2.45, 2.75) is 0 Å². The highest BCUT2D eigenvalue weighted by atomic mass is 14.9. The van der Waals surface area contributed by atoms with E-state index in [1.807, 2.05) is 72.8 Å². The number of hydrogen-bond acceptors (Lipinski definition) is 6. The van der Waals surface area contributed by atoms with Gasteiger partial charge in [0.2, 0.25) is 0 Å². The number of rotatable bonds is 5. The first kappa shape index (κ1) is 17.4. The van der Waals surface area contributed by atoms with Gasteiger partial charge in [-0.05, 0) is 48.5 Å². The van der Waals surface area contributed by atoms with Crippen LogP contribution in [0.5, 0.6) is 0 Å². The van der Waals surface area contributed by atoms with Gasteiger partial charge in [0.25, 0.3) is 0 Å². The summed E-state index contributed by atoms with van der Waals surface area (Å²) in [5.74, 6) is 1.28. The highest BCUT2D eigenvalue weighted by Gasteiger charge is 2.03. The molecular weight excluding hydrogens is 348 g/mol. The Labute approximate surface area is 162 Å². The molecule has 0 amide bonds. The maximum absolute atomic E-state index is 4.62. The molecule has 0 aliphatic carbocycles. The standard InChI is InChI=1S/C22H16N6/c1-3-13-23-21(11-1)25-15-17-7-5-9-19(27-17)20-10-6-8-18(28-20)16-26-22-12-2-4-14-24-22/h1-16H. The fourth-order valence-electron chi connectivity index (χ4n) is 2.46. The highest BCUT2D eigenvalue weighted by molar-refractivity contribution is 5.81. The van der Waals surface area contributed by atoms with Crippen LogP contribution in [0.3, 0.4) is 0 Å². The zero-order valence-electron chi connectivity index (χ0n) is 14.9. The molecule has 4 aromatic rings. The van der Waals surface area contributed by atoms with Crippen molar-refractivity contribution in [1.82, 2.24) is 19.9 Å². The minimum absolute atomic E-state index is 0.639. The van der Waals surface area contributed by atoms with Gasteiger partial charge >= 0.3 is 0 Å². The zero-order chi connectivity index (χ0) is 19.0. The van der Waals surface area contributed by atoms with Gasteiger partial charge in [-0.2, -0.15) is 0 Å². The lowest BCUT2D eigenvalue weighted by Crippen LogP contribution is -1.95. The van der Waals surface area contributed by atoms with E-state index in [2.05, 4.69) is 29.9 Å². The molecule has 4 heterocycles. The summed E-state index contributed by atoms with van der Waals surface area (Å²) >= 11 is 0. The lowest BCUT2D eigenvalue weighted by molar-refractivity contribution is 1.22. The molecule has 0 saturated heterocycles. The smallest absolute Gasteiger partial charge is 0.151 e. The second kappa shape index (κ2) is 8.55. The van der Waals surface area contributed by atoms with E-state index in [4.69, 9.17) is 0 Å². The molecule has 0 aliphatic heterocycles. The van der Waals surface area contributed by atoms with Gasteiger partial charge in [0.05, 0.1) is 35.2 Å². The van der Waals surface area contributed by atoms with Crippen LogP contribution in [0.15, 0.2) is 95.2 Å². The summed E-state index contributed by atoms with van der Waals surface area (Å²) in [6.45, 7) is 0. The average molecular weight is 364 g/mol. The van der Waals surface area contributed by atoms with Crippen molar-refractivity contribution < 1.29 is 0 Å². The summed E-state index contributed by atoms with van der Waals surface area (Å²) < 4.78 is 0. The van der Waals surface area contributed by atoms with Gasteiger partial charge in [0.15, 0.2) is 11.6 Å². The summed E-state index contributed by atoms with van der Waals surface area (Å²) in [4.78, 5) is 26.3. The van der Waals surface area contributed by atoms with Crippen LogP contribution in [0.4, 0.5) is 11.6 Å². The number of aromatic nitrogens is 4. The van der Waals surface area contributed by atoms with Crippen LogP contribution in [0.2, 0.25) is 0 Å². The van der Waals surface area contributed by atoms with E-state index in [0.717, 1.165) is 22.8 Å². The maximum atomic E-state index is 4.62. The molecule has 0 aromatic carbocycles. The molecule has 4 rings (SSSR count). The van der Waals surface area contributed by atoms with E-state index in [0.29, 0.717) is 11.6 Å². The molecule has 6 nitrogen and oxygen atoms in total. The minimum atomic E-state index is 0.639. The van der Waals surface area contributed by atoms with E-state index in [1.54, 1.807) is 24.8 Å². The topological polar surface area (TPSA) is 76.3 Å². The second-order valence-corrected chi connectivity index (χ2v) is 5.79. The van der Waals surface area contributed by atoms with Gasteiger partial charge in [-0.3, -0.25) is 0 Å². The van der Waals surface area contributed by atoms with E-state index in [-0.39, 0.29) is 0 Å². The van der Waals surface area contributed by atoms with Crippen LogP contribution in [0.1, 0.15) is 11.4 Å². The molecule has 0 unspecified atom stereocenters. The van der Waals surface area contributed by atoms with Gasteiger partial charge in [0.1, 0.15) is 0 Å². The Morgan fingerprint density at radius 3 is 1.46 bits per heavy atom. The van der Waals surface area contributed by atoms with Crippen LogP contribution < -0.4 is 0 Å². The summed E-state index contributed by atoms with van der Waals surface area (Å²) in [6, 6.07) is 22.7. The highest BCUT2D eigenvalue weighted by Crippen LogP contribution is 2.15. The first-order valence-electron chi connectivity index (χ1n) is 8.71. The molecule has 0 radical (unpaired) electrons. The molecule has 0 atom stereocenters. The van der Waals surface area contributed by atoms with Gasteiger partial charge in [0, 0.05) is 12.4 Å². The SMILES string of the molecule is C(=Nc1ccccn1)c1cccc(-c2cccc(C=Nc3ccccn3)n2)n1. The monoisotopic (exact) mass is 364 g/mol. The fraction of sp³-hybridized carbons (Fsp3) is 0. The quantitative estimate of drug-likeness (QED) is 0.491. The van der Waals surface area contributed by atoms with Crippen LogP contribution >= 0.6 is 0 Å². The molecule has 0 N–H and O–H groups in total. The molecule has 0 saturated carbocycles. The van der Waals surface area contributed by atoms with Gasteiger partial charge < -0.3 is 0 Å². The van der Waals surface area contributed by atoms with E-state index in [1.165, 1.54) is 0 Å². The maximum Gasteiger partial charge on any atom is 0.151 e. The van der Waals surface area contributed by atoms with Crippen molar-refractivity contribution in [1.29, 1.82) is 0 Å². The van der Waals surface area contributed by atoms with E-state index < -0.39 is 0 Å². The number of pyridine rings is 4. The van der Waals surface area contributed by atoms with E-state index in [9.17, 15) is 0 Å². The van der Waals surface area contributed by atoms with Crippen LogP contribution in [0.25, 0.3) is 11.4 Å². The molecular formula is C22H16N6. The number of aliphatic imine (C=N–C) groups is 2. The Balaban J connectivity index is 1.56. The third-order valence-corrected chi connectivity index (χ3v) is 3.76. The Bertz CT molecular complexity index is 1020. The van der Waals surface area contributed by atoms with E-state index >= 15 is 0 Å². The van der Waals surface area contributed by atoms with Crippen molar-refractivity contribution in [2.75, 3.05) is 0 Å². The third-order valence-electron chi connectivity index (χ3n) is 3.76. The van der Waals surface area contributed by atoms with Crippen molar-refractivity contribution in [3.05, 3.63) is 96.6 Å². The summed E-state index contributed by atoms with van der Waals surface area (Å²) in [6.07, 6.45) is 6.80. The largest absolute Gasteiger partial charge is 0.245 e. The van der Waals surface area contributed by atoms with Gasteiger partial charge in [-0.15, -0.1) is 0 Å². The van der Waals surface area contributed by atoms with Crippen molar-refractivity contribution in [2.24, 2.45) is 9.98 Å². The third kappa shape index (κ3) is 4.56. The Kier molecular flexibility index (Phi) is 5.30. The number of hydrogen-bond donors (Lipinski definition) is 0. The molecule has 134 valence electrons. The van der Waals surface area contributed by atoms with Gasteiger partial charge in [-0.1, -0.05) is 24.3 Å². The van der Waals surface area contributed by atoms with Gasteiger partial charge in [-0.25, -0.2) is 29.9 Å².